The van der Waals surface area contributed by atoms with E-state index in [0.717, 1.165) is 27.1 Å². The van der Waals surface area contributed by atoms with Gasteiger partial charge in [-0.3, -0.25) is 0 Å². The Morgan fingerprint density at radius 2 is 0.826 bits per heavy atom. The van der Waals surface area contributed by atoms with Crippen LogP contribution in [-0.2, 0) is 50.1 Å². The van der Waals surface area contributed by atoms with E-state index in [4.69, 9.17) is 23.7 Å². The molecule has 1 unspecified atom stereocenters. The fourth-order valence-electron chi connectivity index (χ4n) is 5.48. The molecule has 1 aliphatic heterocycles. The summed E-state index contributed by atoms with van der Waals surface area (Å²) in [7, 11) is 0. The van der Waals surface area contributed by atoms with Gasteiger partial charge in [0, 0.05) is 4.90 Å². The first-order valence-electron chi connectivity index (χ1n) is 15.8. The first-order valence-corrected chi connectivity index (χ1v) is 16.7. The van der Waals surface area contributed by atoms with Crippen LogP contribution in [0.5, 0.6) is 0 Å². The second kappa shape index (κ2) is 17.2. The van der Waals surface area contributed by atoms with Crippen LogP contribution in [0.4, 0.5) is 0 Å². The SMILES string of the molecule is c1ccc(COC[C@H]2OC(Sc3ccccc3)[C@H](OCc3ccccc3)[C@@H](OCc3ccccc3)[C@@H]2OCc2ccccc2)cc1. The molecule has 1 fully saturated rings. The molecule has 0 spiro atoms. The van der Waals surface area contributed by atoms with Gasteiger partial charge in [0.1, 0.15) is 29.9 Å². The molecule has 5 atom stereocenters. The molecule has 0 N–H and O–H groups in total. The van der Waals surface area contributed by atoms with Crippen LogP contribution >= 0.6 is 11.8 Å². The molecule has 5 aromatic carbocycles. The molecule has 0 bridgehead atoms. The lowest BCUT2D eigenvalue weighted by Crippen LogP contribution is -2.60. The number of benzene rings is 5. The summed E-state index contributed by atoms with van der Waals surface area (Å²) in [6.45, 7) is 2.08. The van der Waals surface area contributed by atoms with E-state index in [1.165, 1.54) is 0 Å². The summed E-state index contributed by atoms with van der Waals surface area (Å²) in [5.41, 5.74) is 3.99. The summed E-state index contributed by atoms with van der Waals surface area (Å²) in [6.07, 6.45) is -1.72. The minimum Gasteiger partial charge on any atom is -0.374 e. The molecule has 0 saturated carbocycles. The Morgan fingerprint density at radius 1 is 0.435 bits per heavy atom. The summed E-state index contributed by atoms with van der Waals surface area (Å²) in [6, 6.07) is 51.2. The maximum absolute atomic E-state index is 6.92. The highest BCUT2D eigenvalue weighted by molar-refractivity contribution is 7.99. The fraction of sp³-hybridized carbons (Fsp3) is 0.250. The monoisotopic (exact) mass is 632 g/mol. The third-order valence-corrected chi connectivity index (χ3v) is 8.99. The molecule has 5 nitrogen and oxygen atoms in total. The molecule has 46 heavy (non-hydrogen) atoms. The number of hydrogen-bond acceptors (Lipinski definition) is 6. The van der Waals surface area contributed by atoms with Crippen LogP contribution in [-0.4, -0.2) is 36.5 Å². The predicted molar refractivity (Wildman–Crippen MR) is 182 cm³/mol. The van der Waals surface area contributed by atoms with Gasteiger partial charge in [-0.15, -0.1) is 0 Å². The minimum atomic E-state index is -0.451. The Kier molecular flexibility index (Phi) is 12.1. The number of hydrogen-bond donors (Lipinski definition) is 0. The molecule has 236 valence electrons. The second-order valence-electron chi connectivity index (χ2n) is 11.3. The molecular weight excluding hydrogens is 593 g/mol. The van der Waals surface area contributed by atoms with E-state index in [0.29, 0.717) is 33.0 Å². The zero-order valence-corrected chi connectivity index (χ0v) is 26.6. The van der Waals surface area contributed by atoms with Gasteiger partial charge in [0.25, 0.3) is 0 Å². The van der Waals surface area contributed by atoms with Crippen LogP contribution < -0.4 is 0 Å². The molecule has 6 heteroatoms. The zero-order chi connectivity index (χ0) is 31.2. The summed E-state index contributed by atoms with van der Waals surface area (Å²) in [5, 5.41) is 0. The van der Waals surface area contributed by atoms with Gasteiger partial charge in [0.05, 0.1) is 33.0 Å². The van der Waals surface area contributed by atoms with Gasteiger partial charge >= 0.3 is 0 Å². The molecule has 1 saturated heterocycles. The molecule has 1 heterocycles. The van der Waals surface area contributed by atoms with Crippen molar-refractivity contribution in [2.45, 2.75) is 61.2 Å². The normalized spacial score (nSPS) is 21.2. The van der Waals surface area contributed by atoms with Crippen molar-refractivity contribution in [3.8, 4) is 0 Å². The van der Waals surface area contributed by atoms with Gasteiger partial charge in [0.2, 0.25) is 0 Å². The molecule has 0 aromatic heterocycles. The molecule has 1 aliphatic rings. The number of thioether (sulfide) groups is 1. The van der Waals surface area contributed by atoms with Crippen LogP contribution in [0.15, 0.2) is 157 Å². The van der Waals surface area contributed by atoms with E-state index in [9.17, 15) is 0 Å². The summed E-state index contributed by atoms with van der Waals surface area (Å²) in [4.78, 5) is 1.09. The molecule has 5 aromatic rings. The van der Waals surface area contributed by atoms with Crippen molar-refractivity contribution in [1.29, 1.82) is 0 Å². The van der Waals surface area contributed by atoms with E-state index in [2.05, 4.69) is 60.7 Å². The average Bonchev–Trinajstić information content (AvgIpc) is 3.12. The molecule has 0 radical (unpaired) electrons. The fourth-order valence-corrected chi connectivity index (χ4v) is 6.62. The van der Waals surface area contributed by atoms with Crippen molar-refractivity contribution >= 4 is 11.8 Å². The Bertz CT molecular complexity index is 1540. The second-order valence-corrected chi connectivity index (χ2v) is 12.4. The van der Waals surface area contributed by atoms with Crippen LogP contribution in [0.1, 0.15) is 22.3 Å². The van der Waals surface area contributed by atoms with Gasteiger partial charge in [0.15, 0.2) is 0 Å². The molecule has 0 amide bonds. The first kappa shape index (κ1) is 32.2. The van der Waals surface area contributed by atoms with E-state index >= 15 is 0 Å². The van der Waals surface area contributed by atoms with Crippen molar-refractivity contribution < 1.29 is 23.7 Å². The Balaban J connectivity index is 1.31. The standard InChI is InChI=1S/C40H40O5S/c1-6-16-31(17-7-1)26-41-30-36-37(42-27-32-18-8-2-9-19-32)38(43-28-33-20-10-3-11-21-33)39(44-29-34-22-12-4-13-23-34)40(45-36)46-35-24-14-5-15-25-35/h1-25,36-40H,26-30H2/t36-,37-,38+,39-,40?/m1/s1. The van der Waals surface area contributed by atoms with Gasteiger partial charge < -0.3 is 23.7 Å². The van der Waals surface area contributed by atoms with E-state index in [1.807, 2.05) is 91.0 Å². The van der Waals surface area contributed by atoms with Gasteiger partial charge in [-0.2, -0.15) is 0 Å². The van der Waals surface area contributed by atoms with Gasteiger partial charge in [-0.05, 0) is 34.4 Å². The van der Waals surface area contributed by atoms with Crippen LogP contribution in [0, 0.1) is 0 Å². The minimum absolute atomic E-state index is 0.344. The summed E-state index contributed by atoms with van der Waals surface area (Å²) in [5.74, 6) is 0. The molecule has 0 aliphatic carbocycles. The van der Waals surface area contributed by atoms with E-state index in [-0.39, 0.29) is 5.44 Å². The maximum Gasteiger partial charge on any atom is 0.137 e. The highest BCUT2D eigenvalue weighted by Crippen LogP contribution is 2.38. The van der Waals surface area contributed by atoms with Crippen LogP contribution in [0.3, 0.4) is 0 Å². The smallest absolute Gasteiger partial charge is 0.137 e. The lowest BCUT2D eigenvalue weighted by molar-refractivity contribution is -0.254. The Hall–Kier alpha value is -3.75. The Morgan fingerprint density at radius 3 is 1.30 bits per heavy atom. The summed E-state index contributed by atoms with van der Waals surface area (Å²) < 4.78 is 33.6. The highest BCUT2D eigenvalue weighted by Gasteiger charge is 2.48. The van der Waals surface area contributed by atoms with E-state index < -0.39 is 24.4 Å². The highest BCUT2D eigenvalue weighted by atomic mass is 32.2. The average molecular weight is 633 g/mol. The van der Waals surface area contributed by atoms with E-state index in [1.54, 1.807) is 11.8 Å². The predicted octanol–water partition coefficient (Wildman–Crippen LogP) is 8.48. The largest absolute Gasteiger partial charge is 0.374 e. The maximum atomic E-state index is 6.92. The Labute approximate surface area is 276 Å². The van der Waals surface area contributed by atoms with Crippen molar-refractivity contribution in [2.75, 3.05) is 6.61 Å². The summed E-state index contributed by atoms with van der Waals surface area (Å²) >= 11 is 1.64. The zero-order valence-electron chi connectivity index (χ0n) is 25.8. The van der Waals surface area contributed by atoms with Crippen molar-refractivity contribution in [3.05, 3.63) is 174 Å². The quantitative estimate of drug-likeness (QED) is 0.115. The molecule has 6 rings (SSSR count). The number of ether oxygens (including phenoxy) is 5. The van der Waals surface area contributed by atoms with Crippen LogP contribution in [0.25, 0.3) is 0 Å². The van der Waals surface area contributed by atoms with Crippen LogP contribution in [0.2, 0.25) is 0 Å². The topological polar surface area (TPSA) is 46.2 Å². The lowest BCUT2D eigenvalue weighted by atomic mass is 9.98. The first-order chi connectivity index (χ1) is 22.8. The van der Waals surface area contributed by atoms with Crippen molar-refractivity contribution in [3.63, 3.8) is 0 Å². The number of rotatable bonds is 15. The van der Waals surface area contributed by atoms with Gasteiger partial charge in [-0.1, -0.05) is 151 Å². The third kappa shape index (κ3) is 9.39. The van der Waals surface area contributed by atoms with Crippen molar-refractivity contribution in [2.24, 2.45) is 0 Å². The lowest BCUT2D eigenvalue weighted by Gasteiger charge is -2.46. The molecular formula is C40H40O5S. The van der Waals surface area contributed by atoms with Crippen molar-refractivity contribution in [1.82, 2.24) is 0 Å². The van der Waals surface area contributed by atoms with Gasteiger partial charge in [-0.25, -0.2) is 0 Å². The third-order valence-electron chi connectivity index (χ3n) is 7.84.